The predicted octanol–water partition coefficient (Wildman–Crippen LogP) is 3.58. The minimum Gasteiger partial charge on any atom is -0.486 e. The standard InChI is InChI=1S/C16H18N4O4/c1-2-23-15(22)20-7-5-16(6-8-20)10-13(21)12-9-11(18-19-17)3-4-14(12)24-16/h3-4,9H,2,5-8,10H2,1H3. The molecule has 1 aromatic carbocycles. The van der Waals surface area contributed by atoms with Crippen molar-refractivity contribution in [2.75, 3.05) is 19.7 Å². The number of piperidine rings is 1. The summed E-state index contributed by atoms with van der Waals surface area (Å²) in [6.45, 7) is 3.11. The first kappa shape index (κ1) is 16.1. The van der Waals surface area contributed by atoms with Crippen LogP contribution in [0.1, 0.15) is 36.5 Å². The van der Waals surface area contributed by atoms with Gasteiger partial charge < -0.3 is 14.4 Å². The van der Waals surface area contributed by atoms with Crippen molar-refractivity contribution in [3.05, 3.63) is 34.2 Å². The Balaban J connectivity index is 1.75. The average molecular weight is 330 g/mol. The van der Waals surface area contributed by atoms with Crippen LogP contribution >= 0.6 is 0 Å². The molecule has 0 radical (unpaired) electrons. The molecule has 2 heterocycles. The molecule has 126 valence electrons. The first-order valence-electron chi connectivity index (χ1n) is 7.90. The van der Waals surface area contributed by atoms with Crippen LogP contribution in [0.3, 0.4) is 0 Å². The first-order chi connectivity index (χ1) is 11.6. The van der Waals surface area contributed by atoms with E-state index in [1.54, 1.807) is 30.0 Å². The van der Waals surface area contributed by atoms with Crippen molar-refractivity contribution in [2.45, 2.75) is 31.8 Å². The number of ether oxygens (including phenoxy) is 2. The predicted molar refractivity (Wildman–Crippen MR) is 85.4 cm³/mol. The minimum atomic E-state index is -0.576. The zero-order valence-corrected chi connectivity index (χ0v) is 13.4. The fraction of sp³-hybridized carbons (Fsp3) is 0.500. The molecule has 0 aliphatic carbocycles. The highest BCUT2D eigenvalue weighted by molar-refractivity contribution is 6.01. The fourth-order valence-electron chi connectivity index (χ4n) is 3.19. The van der Waals surface area contributed by atoms with Crippen molar-refractivity contribution in [1.29, 1.82) is 0 Å². The lowest BCUT2D eigenvalue weighted by molar-refractivity contribution is -0.00858. The second kappa shape index (κ2) is 6.41. The highest BCUT2D eigenvalue weighted by atomic mass is 16.6. The van der Waals surface area contributed by atoms with Crippen molar-refractivity contribution in [2.24, 2.45) is 5.11 Å². The smallest absolute Gasteiger partial charge is 0.409 e. The highest BCUT2D eigenvalue weighted by Gasteiger charge is 2.43. The molecule has 0 N–H and O–H groups in total. The second-order valence-corrected chi connectivity index (χ2v) is 5.94. The molecule has 1 spiro atoms. The summed E-state index contributed by atoms with van der Waals surface area (Å²) < 4.78 is 11.1. The molecule has 0 aromatic heterocycles. The van der Waals surface area contributed by atoms with Crippen LogP contribution in [0.2, 0.25) is 0 Å². The Morgan fingerprint density at radius 3 is 2.88 bits per heavy atom. The number of azide groups is 1. The number of fused-ring (bicyclic) bond motifs is 1. The monoisotopic (exact) mass is 330 g/mol. The number of nitrogens with zero attached hydrogens (tertiary/aromatic N) is 4. The number of carbonyl (C=O) groups excluding carboxylic acids is 2. The number of ketones is 1. The summed E-state index contributed by atoms with van der Waals surface area (Å²) in [6, 6.07) is 4.84. The molecule has 2 aliphatic heterocycles. The summed E-state index contributed by atoms with van der Waals surface area (Å²) in [7, 11) is 0. The van der Waals surface area contributed by atoms with Gasteiger partial charge in [-0.3, -0.25) is 4.79 Å². The van der Waals surface area contributed by atoms with Crippen molar-refractivity contribution in [1.82, 2.24) is 4.90 Å². The Labute approximate surface area is 139 Å². The van der Waals surface area contributed by atoms with Crippen molar-refractivity contribution in [3.8, 4) is 5.75 Å². The lowest BCUT2D eigenvalue weighted by Gasteiger charge is -2.43. The molecule has 1 fully saturated rings. The van der Waals surface area contributed by atoms with Gasteiger partial charge in [0.15, 0.2) is 5.78 Å². The number of benzene rings is 1. The fourth-order valence-corrected chi connectivity index (χ4v) is 3.19. The topological polar surface area (TPSA) is 105 Å². The lowest BCUT2D eigenvalue weighted by atomic mass is 9.82. The summed E-state index contributed by atoms with van der Waals surface area (Å²) in [5, 5.41) is 3.51. The van der Waals surface area contributed by atoms with Crippen LogP contribution in [0, 0.1) is 0 Å². The molecule has 3 rings (SSSR count). The molecule has 1 aromatic rings. The molecule has 0 unspecified atom stereocenters. The van der Waals surface area contributed by atoms with Crippen LogP contribution in [0.5, 0.6) is 5.75 Å². The highest BCUT2D eigenvalue weighted by Crippen LogP contribution is 2.40. The van der Waals surface area contributed by atoms with E-state index in [9.17, 15) is 9.59 Å². The average Bonchev–Trinajstić information content (AvgIpc) is 2.57. The van der Waals surface area contributed by atoms with Crippen LogP contribution in [0.25, 0.3) is 10.4 Å². The van der Waals surface area contributed by atoms with Crippen LogP contribution in [-0.2, 0) is 4.74 Å². The number of hydrogen-bond donors (Lipinski definition) is 0. The Morgan fingerprint density at radius 1 is 1.46 bits per heavy atom. The maximum absolute atomic E-state index is 12.5. The Morgan fingerprint density at radius 2 is 2.21 bits per heavy atom. The van der Waals surface area contributed by atoms with E-state index in [-0.39, 0.29) is 18.3 Å². The summed E-state index contributed by atoms with van der Waals surface area (Å²) in [4.78, 5) is 28.7. The number of amides is 1. The molecular weight excluding hydrogens is 312 g/mol. The van der Waals surface area contributed by atoms with Gasteiger partial charge in [-0.2, -0.15) is 0 Å². The molecule has 8 nitrogen and oxygen atoms in total. The van der Waals surface area contributed by atoms with Gasteiger partial charge in [-0.25, -0.2) is 4.79 Å². The van der Waals surface area contributed by atoms with E-state index in [4.69, 9.17) is 15.0 Å². The third-order valence-electron chi connectivity index (χ3n) is 4.43. The Bertz CT molecular complexity index is 719. The number of hydrogen-bond acceptors (Lipinski definition) is 5. The maximum atomic E-state index is 12.5. The van der Waals surface area contributed by atoms with Gasteiger partial charge in [-0.1, -0.05) is 5.11 Å². The minimum absolute atomic E-state index is 0.0316. The summed E-state index contributed by atoms with van der Waals surface area (Å²) in [6.07, 6.45) is 1.09. The van der Waals surface area contributed by atoms with E-state index >= 15 is 0 Å². The summed E-state index contributed by atoms with van der Waals surface area (Å²) in [5.41, 5.74) is 8.75. The second-order valence-electron chi connectivity index (χ2n) is 5.94. The molecule has 2 aliphatic rings. The van der Waals surface area contributed by atoms with Gasteiger partial charge in [0.1, 0.15) is 11.4 Å². The maximum Gasteiger partial charge on any atom is 0.409 e. The Hall–Kier alpha value is -2.73. The molecule has 1 amide bonds. The SMILES string of the molecule is CCOC(=O)N1CCC2(CC1)CC(=O)c1cc(N=[N+]=[N-])ccc1O2. The van der Waals surface area contributed by atoms with Gasteiger partial charge in [0, 0.05) is 36.5 Å². The third-order valence-corrected chi connectivity index (χ3v) is 4.43. The van der Waals surface area contributed by atoms with E-state index < -0.39 is 5.60 Å². The number of likely N-dealkylation sites (tertiary alicyclic amines) is 1. The van der Waals surface area contributed by atoms with E-state index in [1.165, 1.54) is 0 Å². The van der Waals surface area contributed by atoms with Gasteiger partial charge in [-0.15, -0.1) is 0 Å². The summed E-state index contributed by atoms with van der Waals surface area (Å²) >= 11 is 0. The van der Waals surface area contributed by atoms with Gasteiger partial charge in [0.2, 0.25) is 0 Å². The molecule has 0 atom stereocenters. The van der Waals surface area contributed by atoms with Crippen LogP contribution in [0.15, 0.2) is 23.3 Å². The van der Waals surface area contributed by atoms with Crippen LogP contribution < -0.4 is 4.74 Å². The molecule has 0 bridgehead atoms. The zero-order valence-electron chi connectivity index (χ0n) is 13.4. The quantitative estimate of drug-likeness (QED) is 0.469. The van der Waals surface area contributed by atoms with Gasteiger partial charge in [0.05, 0.1) is 18.6 Å². The van der Waals surface area contributed by atoms with Crippen LogP contribution in [0.4, 0.5) is 10.5 Å². The van der Waals surface area contributed by atoms with Crippen LogP contribution in [-0.4, -0.2) is 42.1 Å². The number of rotatable bonds is 2. The number of Topliss-reactive ketones (excluding diaryl/α,β-unsaturated/α-hetero) is 1. The molecule has 1 saturated heterocycles. The molecular formula is C16H18N4O4. The summed E-state index contributed by atoms with van der Waals surface area (Å²) in [5.74, 6) is 0.476. The third kappa shape index (κ3) is 3.00. The van der Waals surface area contributed by atoms with Crippen molar-refractivity contribution >= 4 is 17.6 Å². The van der Waals surface area contributed by atoms with E-state index in [1.807, 2.05) is 0 Å². The molecule has 24 heavy (non-hydrogen) atoms. The van der Waals surface area contributed by atoms with Gasteiger partial charge >= 0.3 is 6.09 Å². The largest absolute Gasteiger partial charge is 0.486 e. The lowest BCUT2D eigenvalue weighted by Crippen LogP contribution is -2.52. The molecule has 0 saturated carbocycles. The van der Waals surface area contributed by atoms with E-state index in [0.717, 1.165) is 0 Å². The number of carbonyl (C=O) groups is 2. The normalized spacial score (nSPS) is 18.4. The Kier molecular flexibility index (Phi) is 4.31. The molecule has 8 heteroatoms. The first-order valence-corrected chi connectivity index (χ1v) is 7.90. The van der Waals surface area contributed by atoms with Crippen molar-refractivity contribution < 1.29 is 19.1 Å². The van der Waals surface area contributed by atoms with Crippen molar-refractivity contribution in [3.63, 3.8) is 0 Å². The zero-order chi connectivity index (χ0) is 17.2. The van der Waals surface area contributed by atoms with Gasteiger partial charge in [0.25, 0.3) is 0 Å². The van der Waals surface area contributed by atoms with Gasteiger partial charge in [-0.05, 0) is 30.7 Å². The van der Waals surface area contributed by atoms with E-state index in [0.29, 0.717) is 49.5 Å². The van der Waals surface area contributed by atoms with E-state index in [2.05, 4.69) is 10.0 Å².